The maximum atomic E-state index is 5.94. The molecule has 18 heavy (non-hydrogen) atoms. The molecule has 0 unspecified atom stereocenters. The molecule has 3 N–H and O–H groups in total. The quantitative estimate of drug-likeness (QED) is 0.819. The van der Waals surface area contributed by atoms with Gasteiger partial charge in [-0.25, -0.2) is 0 Å². The van der Waals surface area contributed by atoms with E-state index in [-0.39, 0.29) is 0 Å². The molecule has 0 amide bonds. The Bertz CT molecular complexity index is 575. The van der Waals surface area contributed by atoms with E-state index in [4.69, 9.17) is 22.1 Å². The van der Waals surface area contributed by atoms with E-state index in [1.165, 1.54) is 0 Å². The largest absolute Gasteiger partial charge is 0.495 e. The number of rotatable bonds is 3. The predicted octanol–water partition coefficient (Wildman–Crippen LogP) is 4.44. The van der Waals surface area contributed by atoms with Crippen LogP contribution in [0.1, 0.15) is 0 Å². The van der Waals surface area contributed by atoms with Crippen LogP contribution in [0.5, 0.6) is 5.75 Å². The van der Waals surface area contributed by atoms with Gasteiger partial charge in [-0.1, -0.05) is 11.6 Å². The molecule has 2 rings (SSSR count). The van der Waals surface area contributed by atoms with Crippen LogP contribution in [0.2, 0.25) is 5.02 Å². The molecule has 0 spiro atoms. The molecule has 0 bridgehead atoms. The summed E-state index contributed by atoms with van der Waals surface area (Å²) < 4.78 is 6.01. The average molecular weight is 328 g/mol. The second-order valence-corrected chi connectivity index (χ2v) is 4.97. The van der Waals surface area contributed by atoms with Gasteiger partial charge in [0, 0.05) is 21.9 Å². The van der Waals surface area contributed by atoms with Crippen LogP contribution in [-0.4, -0.2) is 7.11 Å². The highest BCUT2D eigenvalue weighted by molar-refractivity contribution is 9.10. The van der Waals surface area contributed by atoms with Crippen molar-refractivity contribution in [3.8, 4) is 5.75 Å². The van der Waals surface area contributed by atoms with Crippen molar-refractivity contribution in [1.29, 1.82) is 0 Å². The third kappa shape index (κ3) is 2.89. The Labute approximate surface area is 119 Å². The normalized spacial score (nSPS) is 10.2. The van der Waals surface area contributed by atoms with Gasteiger partial charge in [0.05, 0.1) is 17.8 Å². The van der Waals surface area contributed by atoms with E-state index in [1.54, 1.807) is 13.2 Å². The van der Waals surface area contributed by atoms with Crippen LogP contribution in [0.4, 0.5) is 17.1 Å². The van der Waals surface area contributed by atoms with Crippen molar-refractivity contribution in [3.63, 3.8) is 0 Å². The maximum Gasteiger partial charge on any atom is 0.143 e. The zero-order valence-corrected chi connectivity index (χ0v) is 12.0. The summed E-state index contributed by atoms with van der Waals surface area (Å²) in [7, 11) is 1.59. The molecule has 2 aromatic carbocycles. The summed E-state index contributed by atoms with van der Waals surface area (Å²) in [5, 5.41) is 3.93. The monoisotopic (exact) mass is 326 g/mol. The molecule has 94 valence electrons. The molecule has 0 fully saturated rings. The van der Waals surface area contributed by atoms with Crippen LogP contribution in [0, 0.1) is 0 Å². The van der Waals surface area contributed by atoms with Crippen LogP contribution in [0.25, 0.3) is 0 Å². The molecule has 0 heterocycles. The lowest BCUT2D eigenvalue weighted by Crippen LogP contribution is -1.95. The molecule has 5 heteroatoms. The van der Waals surface area contributed by atoms with Crippen molar-refractivity contribution >= 4 is 44.6 Å². The molecule has 0 atom stereocenters. The number of nitrogen functional groups attached to an aromatic ring is 1. The third-order valence-electron chi connectivity index (χ3n) is 2.44. The van der Waals surface area contributed by atoms with Crippen molar-refractivity contribution in [2.45, 2.75) is 0 Å². The van der Waals surface area contributed by atoms with E-state index in [1.807, 2.05) is 30.3 Å². The van der Waals surface area contributed by atoms with E-state index in [2.05, 4.69) is 21.2 Å². The zero-order chi connectivity index (χ0) is 13.1. The van der Waals surface area contributed by atoms with Gasteiger partial charge in [0.2, 0.25) is 0 Å². The molecule has 3 nitrogen and oxygen atoms in total. The second kappa shape index (κ2) is 5.50. The van der Waals surface area contributed by atoms with Gasteiger partial charge in [0.15, 0.2) is 0 Å². The number of halogens is 2. The lowest BCUT2D eigenvalue weighted by atomic mass is 10.2. The zero-order valence-electron chi connectivity index (χ0n) is 9.71. The lowest BCUT2D eigenvalue weighted by Gasteiger charge is -2.10. The topological polar surface area (TPSA) is 47.3 Å². The number of nitrogens with two attached hydrogens (primary N) is 1. The van der Waals surface area contributed by atoms with Gasteiger partial charge < -0.3 is 15.8 Å². The van der Waals surface area contributed by atoms with E-state index in [9.17, 15) is 0 Å². The second-order valence-electron chi connectivity index (χ2n) is 3.71. The van der Waals surface area contributed by atoms with Crippen LogP contribution >= 0.6 is 27.5 Å². The first kappa shape index (κ1) is 13.1. The maximum absolute atomic E-state index is 5.94. The highest BCUT2D eigenvalue weighted by Crippen LogP contribution is 2.30. The van der Waals surface area contributed by atoms with Gasteiger partial charge in [-0.2, -0.15) is 0 Å². The Morgan fingerprint density at radius 2 is 1.83 bits per heavy atom. The van der Waals surface area contributed by atoms with Crippen molar-refractivity contribution in [2.75, 3.05) is 18.2 Å². The van der Waals surface area contributed by atoms with Crippen LogP contribution < -0.4 is 15.8 Å². The summed E-state index contributed by atoms with van der Waals surface area (Å²) in [5.41, 5.74) is 8.20. The number of ether oxygens (including phenoxy) is 1. The average Bonchev–Trinajstić information content (AvgIpc) is 2.36. The number of anilines is 3. The summed E-state index contributed by atoms with van der Waals surface area (Å²) in [5.74, 6) is 0.646. The predicted molar refractivity (Wildman–Crippen MR) is 79.8 cm³/mol. The van der Waals surface area contributed by atoms with Crippen molar-refractivity contribution < 1.29 is 4.74 Å². The summed E-state index contributed by atoms with van der Waals surface area (Å²) in [6.07, 6.45) is 0. The fraction of sp³-hybridized carbons (Fsp3) is 0.0769. The minimum atomic E-state index is 0.611. The van der Waals surface area contributed by atoms with Gasteiger partial charge in [0.25, 0.3) is 0 Å². The first-order valence-corrected chi connectivity index (χ1v) is 6.43. The highest BCUT2D eigenvalue weighted by atomic mass is 79.9. The van der Waals surface area contributed by atoms with Gasteiger partial charge in [-0.15, -0.1) is 0 Å². The van der Waals surface area contributed by atoms with Crippen molar-refractivity contribution in [1.82, 2.24) is 0 Å². The Balaban J connectivity index is 2.25. The number of nitrogens with one attached hydrogen (secondary N) is 1. The minimum Gasteiger partial charge on any atom is -0.495 e. The molecular weight excluding hydrogens is 316 g/mol. The minimum absolute atomic E-state index is 0.611. The smallest absolute Gasteiger partial charge is 0.143 e. The van der Waals surface area contributed by atoms with E-state index < -0.39 is 0 Å². The lowest BCUT2D eigenvalue weighted by molar-refractivity contribution is 0.417. The fourth-order valence-corrected chi connectivity index (χ4v) is 2.03. The van der Waals surface area contributed by atoms with E-state index in [0.717, 1.165) is 15.8 Å². The molecule has 2 aromatic rings. The molecule has 0 saturated heterocycles. The van der Waals surface area contributed by atoms with Gasteiger partial charge >= 0.3 is 0 Å². The molecule has 0 aliphatic heterocycles. The summed E-state index contributed by atoms with van der Waals surface area (Å²) in [6, 6.07) is 11.2. The SMILES string of the molecule is COc1cc(Nc2ccc(Cl)c(Br)c2)ccc1N. The van der Waals surface area contributed by atoms with Crippen molar-refractivity contribution in [3.05, 3.63) is 45.9 Å². The third-order valence-corrected chi connectivity index (χ3v) is 3.66. The first-order chi connectivity index (χ1) is 8.60. The standard InChI is InChI=1S/C13H12BrClN2O/c1-18-13-7-9(3-5-12(13)16)17-8-2-4-11(15)10(14)6-8/h2-7,17H,16H2,1H3. The Kier molecular flexibility index (Phi) is 3.99. The van der Waals surface area contributed by atoms with Crippen molar-refractivity contribution in [2.24, 2.45) is 0 Å². The number of methoxy groups -OCH3 is 1. The van der Waals surface area contributed by atoms with E-state index in [0.29, 0.717) is 16.5 Å². The Morgan fingerprint density at radius 1 is 1.17 bits per heavy atom. The molecular formula is C13H12BrClN2O. The Hall–Kier alpha value is -1.39. The van der Waals surface area contributed by atoms with Gasteiger partial charge in [-0.3, -0.25) is 0 Å². The van der Waals surface area contributed by atoms with Crippen LogP contribution in [0.3, 0.4) is 0 Å². The van der Waals surface area contributed by atoms with Gasteiger partial charge in [-0.05, 0) is 46.3 Å². The molecule has 0 aliphatic carbocycles. The number of hydrogen-bond donors (Lipinski definition) is 2. The number of hydrogen-bond acceptors (Lipinski definition) is 3. The molecule has 0 radical (unpaired) electrons. The molecule has 0 aliphatic rings. The fourth-order valence-electron chi connectivity index (χ4n) is 1.53. The Morgan fingerprint density at radius 3 is 2.50 bits per heavy atom. The number of benzene rings is 2. The van der Waals surface area contributed by atoms with E-state index >= 15 is 0 Å². The highest BCUT2D eigenvalue weighted by Gasteiger charge is 2.03. The molecule has 0 aromatic heterocycles. The summed E-state index contributed by atoms with van der Waals surface area (Å²) >= 11 is 9.32. The molecule has 0 saturated carbocycles. The first-order valence-electron chi connectivity index (χ1n) is 5.26. The van der Waals surface area contributed by atoms with Crippen LogP contribution in [-0.2, 0) is 0 Å². The summed E-state index contributed by atoms with van der Waals surface area (Å²) in [6.45, 7) is 0. The summed E-state index contributed by atoms with van der Waals surface area (Å²) in [4.78, 5) is 0. The van der Waals surface area contributed by atoms with Gasteiger partial charge in [0.1, 0.15) is 5.75 Å². The van der Waals surface area contributed by atoms with Crippen LogP contribution in [0.15, 0.2) is 40.9 Å².